The van der Waals surface area contributed by atoms with Crippen molar-refractivity contribution in [2.75, 3.05) is 26.2 Å². The van der Waals surface area contributed by atoms with Crippen LogP contribution >= 0.6 is 11.6 Å². The molecule has 7 heteroatoms. The van der Waals surface area contributed by atoms with E-state index in [9.17, 15) is 5.11 Å². The summed E-state index contributed by atoms with van der Waals surface area (Å²) in [5.41, 5.74) is -0.318. The second-order valence-corrected chi connectivity index (χ2v) is 6.01. The number of likely N-dealkylation sites (tertiary alicyclic amines) is 1. The Labute approximate surface area is 134 Å². The average Bonchev–Trinajstić information content (AvgIpc) is 3.05. The molecule has 2 aromatic rings. The number of nitrogens with one attached hydrogen (secondary N) is 1. The molecule has 22 heavy (non-hydrogen) atoms. The fourth-order valence-electron chi connectivity index (χ4n) is 2.77. The molecule has 1 atom stereocenters. The first-order valence-electron chi connectivity index (χ1n) is 7.35. The van der Waals surface area contributed by atoms with E-state index in [1.165, 1.54) is 0 Å². The van der Waals surface area contributed by atoms with Crippen molar-refractivity contribution in [2.45, 2.75) is 18.4 Å². The second kappa shape index (κ2) is 6.64. The molecule has 1 fully saturated rings. The van der Waals surface area contributed by atoms with E-state index in [1.54, 1.807) is 18.3 Å². The lowest BCUT2D eigenvalue weighted by Crippen LogP contribution is -2.47. The summed E-state index contributed by atoms with van der Waals surface area (Å²) in [7, 11) is 0. The second-order valence-electron chi connectivity index (χ2n) is 5.57. The molecule has 6 nitrogen and oxygen atoms in total. The summed E-state index contributed by atoms with van der Waals surface area (Å²) >= 11 is 5.84. The van der Waals surface area contributed by atoms with E-state index in [0.29, 0.717) is 30.3 Å². The molecule has 3 rings (SSSR count). The average molecular weight is 323 g/mol. The molecule has 0 spiro atoms. The third-order valence-electron chi connectivity index (χ3n) is 3.93. The number of β-amino-alcohol motifs (C(OH)–C–C–N with tert-alkyl or cyclic N) is 1. The number of H-pyrrole nitrogens is 1. The SMILES string of the molecule is OC1(c2cn[nH]n2)CCCN(CCOc2ccc(Cl)cc2)C1. The highest BCUT2D eigenvalue weighted by Gasteiger charge is 2.36. The van der Waals surface area contributed by atoms with E-state index in [0.717, 1.165) is 25.3 Å². The number of rotatable bonds is 5. The van der Waals surface area contributed by atoms with E-state index in [1.807, 2.05) is 12.1 Å². The zero-order valence-corrected chi connectivity index (χ0v) is 13.0. The predicted octanol–water partition coefficient (Wildman–Crippen LogP) is 1.82. The molecule has 0 aliphatic carbocycles. The zero-order valence-electron chi connectivity index (χ0n) is 12.2. The molecule has 1 unspecified atom stereocenters. The van der Waals surface area contributed by atoms with Crippen molar-refractivity contribution in [1.29, 1.82) is 0 Å². The first-order chi connectivity index (χ1) is 10.7. The van der Waals surface area contributed by atoms with Gasteiger partial charge in [-0.25, -0.2) is 0 Å². The Bertz CT molecular complexity index is 590. The van der Waals surface area contributed by atoms with Crippen molar-refractivity contribution in [3.63, 3.8) is 0 Å². The Morgan fingerprint density at radius 1 is 1.36 bits per heavy atom. The topological polar surface area (TPSA) is 74.3 Å². The number of nitrogens with zero attached hydrogens (tertiary/aromatic N) is 3. The zero-order chi connectivity index (χ0) is 15.4. The summed E-state index contributed by atoms with van der Waals surface area (Å²) < 4.78 is 5.71. The van der Waals surface area contributed by atoms with Crippen molar-refractivity contribution in [1.82, 2.24) is 20.3 Å². The third-order valence-corrected chi connectivity index (χ3v) is 4.18. The van der Waals surface area contributed by atoms with E-state index in [4.69, 9.17) is 16.3 Å². The molecule has 118 valence electrons. The van der Waals surface area contributed by atoms with Crippen LogP contribution in [0.15, 0.2) is 30.5 Å². The number of aromatic nitrogens is 3. The van der Waals surface area contributed by atoms with Gasteiger partial charge in [-0.15, -0.1) is 0 Å². The molecule has 0 bridgehead atoms. The number of benzene rings is 1. The lowest BCUT2D eigenvalue weighted by atomic mass is 9.90. The third kappa shape index (κ3) is 3.58. The number of aliphatic hydroxyl groups is 1. The summed E-state index contributed by atoms with van der Waals surface area (Å²) in [4.78, 5) is 2.19. The summed E-state index contributed by atoms with van der Waals surface area (Å²) in [5, 5.41) is 21.8. The summed E-state index contributed by atoms with van der Waals surface area (Å²) in [6, 6.07) is 7.32. The standard InChI is InChI=1S/C15H19ClN4O2/c16-12-2-4-13(5-3-12)22-9-8-20-7-1-6-15(21,11-20)14-10-17-19-18-14/h2-5,10,21H,1,6-9,11H2,(H,17,18,19). The van der Waals surface area contributed by atoms with E-state index >= 15 is 0 Å². The van der Waals surface area contributed by atoms with Crippen molar-refractivity contribution >= 4 is 11.6 Å². The van der Waals surface area contributed by atoms with Crippen molar-refractivity contribution in [2.24, 2.45) is 0 Å². The maximum atomic E-state index is 10.7. The number of hydrogen-bond acceptors (Lipinski definition) is 5. The van der Waals surface area contributed by atoms with Crippen LogP contribution in [-0.4, -0.2) is 51.7 Å². The normalized spacial score (nSPS) is 22.6. The minimum Gasteiger partial charge on any atom is -0.492 e. The molecule has 2 N–H and O–H groups in total. The lowest BCUT2D eigenvalue weighted by molar-refractivity contribution is -0.0412. The van der Waals surface area contributed by atoms with E-state index in [-0.39, 0.29) is 0 Å². The minimum absolute atomic E-state index is 0.545. The summed E-state index contributed by atoms with van der Waals surface area (Å²) in [5.74, 6) is 0.799. The Hall–Kier alpha value is -1.63. The highest BCUT2D eigenvalue weighted by Crippen LogP contribution is 2.29. The van der Waals surface area contributed by atoms with Crippen LogP contribution in [0.25, 0.3) is 0 Å². The van der Waals surface area contributed by atoms with Crippen LogP contribution < -0.4 is 4.74 Å². The van der Waals surface area contributed by atoms with Gasteiger partial charge in [0, 0.05) is 18.1 Å². The molecule has 0 saturated carbocycles. The molecule has 1 aromatic carbocycles. The van der Waals surface area contributed by atoms with Gasteiger partial charge in [0.2, 0.25) is 0 Å². The number of halogens is 1. The van der Waals surface area contributed by atoms with Crippen LogP contribution in [0.4, 0.5) is 0 Å². The van der Waals surface area contributed by atoms with Crippen LogP contribution in [0, 0.1) is 0 Å². The van der Waals surface area contributed by atoms with Crippen LogP contribution in [0.1, 0.15) is 18.5 Å². The first-order valence-corrected chi connectivity index (χ1v) is 7.73. The van der Waals surface area contributed by atoms with Gasteiger partial charge in [-0.3, -0.25) is 4.90 Å². The quantitative estimate of drug-likeness (QED) is 0.878. The van der Waals surface area contributed by atoms with Gasteiger partial charge in [-0.1, -0.05) is 11.6 Å². The van der Waals surface area contributed by atoms with Crippen LogP contribution in [0.2, 0.25) is 5.02 Å². The number of hydrogen-bond donors (Lipinski definition) is 2. The Kier molecular flexibility index (Phi) is 4.61. The smallest absolute Gasteiger partial charge is 0.123 e. The van der Waals surface area contributed by atoms with Crippen molar-refractivity contribution < 1.29 is 9.84 Å². The fourth-order valence-corrected chi connectivity index (χ4v) is 2.90. The van der Waals surface area contributed by atoms with Crippen molar-refractivity contribution in [3.8, 4) is 5.75 Å². The molecular weight excluding hydrogens is 304 g/mol. The Morgan fingerprint density at radius 2 is 2.18 bits per heavy atom. The number of piperidine rings is 1. The van der Waals surface area contributed by atoms with Crippen LogP contribution in [0.5, 0.6) is 5.75 Å². The summed E-state index contributed by atoms with van der Waals surface area (Å²) in [6.45, 7) is 2.81. The van der Waals surface area contributed by atoms with Gasteiger partial charge in [0.25, 0.3) is 0 Å². The number of ether oxygens (including phenoxy) is 1. The van der Waals surface area contributed by atoms with E-state index in [2.05, 4.69) is 20.3 Å². The molecule has 1 aliphatic heterocycles. The number of aromatic amines is 1. The van der Waals surface area contributed by atoms with E-state index < -0.39 is 5.60 Å². The predicted molar refractivity (Wildman–Crippen MR) is 82.9 cm³/mol. The molecule has 0 amide bonds. The Balaban J connectivity index is 1.51. The fraction of sp³-hybridized carbons (Fsp3) is 0.467. The van der Waals surface area contributed by atoms with Gasteiger partial charge >= 0.3 is 0 Å². The molecular formula is C15H19ClN4O2. The minimum atomic E-state index is -0.925. The Morgan fingerprint density at radius 3 is 2.91 bits per heavy atom. The highest BCUT2D eigenvalue weighted by atomic mass is 35.5. The van der Waals surface area contributed by atoms with Gasteiger partial charge in [0.15, 0.2) is 0 Å². The largest absolute Gasteiger partial charge is 0.492 e. The maximum absolute atomic E-state index is 10.7. The molecule has 0 radical (unpaired) electrons. The lowest BCUT2D eigenvalue weighted by Gasteiger charge is -2.37. The molecule has 1 saturated heterocycles. The monoisotopic (exact) mass is 322 g/mol. The van der Waals surface area contributed by atoms with Gasteiger partial charge in [-0.2, -0.15) is 15.4 Å². The van der Waals surface area contributed by atoms with Gasteiger partial charge in [0.1, 0.15) is 23.7 Å². The summed E-state index contributed by atoms with van der Waals surface area (Å²) in [6.07, 6.45) is 3.21. The molecule has 2 heterocycles. The van der Waals surface area contributed by atoms with Gasteiger partial charge < -0.3 is 9.84 Å². The first kappa shape index (κ1) is 15.3. The molecule has 1 aromatic heterocycles. The highest BCUT2D eigenvalue weighted by molar-refractivity contribution is 6.30. The van der Waals surface area contributed by atoms with Gasteiger partial charge in [0.05, 0.1) is 6.20 Å². The van der Waals surface area contributed by atoms with Crippen molar-refractivity contribution in [3.05, 3.63) is 41.2 Å². The van der Waals surface area contributed by atoms with Gasteiger partial charge in [-0.05, 0) is 43.7 Å². The van der Waals surface area contributed by atoms with Crippen LogP contribution in [-0.2, 0) is 5.60 Å². The molecule has 1 aliphatic rings. The maximum Gasteiger partial charge on any atom is 0.123 e. The van der Waals surface area contributed by atoms with Crippen LogP contribution in [0.3, 0.4) is 0 Å².